The molecule has 2 unspecified atom stereocenters. The van der Waals surface area contributed by atoms with Crippen LogP contribution < -0.4 is 14.4 Å². The van der Waals surface area contributed by atoms with Crippen molar-refractivity contribution >= 4 is 11.4 Å². The van der Waals surface area contributed by atoms with Gasteiger partial charge < -0.3 is 14.4 Å². The zero-order valence-corrected chi connectivity index (χ0v) is 19.0. The Morgan fingerprint density at radius 1 is 1.00 bits per heavy atom. The minimum Gasteiger partial charge on any atom is -0.493 e. The first-order valence-electron chi connectivity index (χ1n) is 11.2. The topological polar surface area (TPSA) is 21.7 Å². The Morgan fingerprint density at radius 3 is 2.21 bits per heavy atom. The molecule has 0 radical (unpaired) electrons. The van der Waals surface area contributed by atoms with Gasteiger partial charge in [0, 0.05) is 23.0 Å². The first-order chi connectivity index (χ1) is 14.0. The molecule has 0 N–H and O–H groups in total. The van der Waals surface area contributed by atoms with Crippen LogP contribution in [0.2, 0.25) is 0 Å². The number of rotatable bonds is 8. The molecule has 29 heavy (non-hydrogen) atoms. The molecule has 3 rings (SSSR count). The van der Waals surface area contributed by atoms with Crippen LogP contribution in [0.4, 0.5) is 11.4 Å². The molecule has 0 spiro atoms. The lowest BCUT2D eigenvalue weighted by molar-refractivity contribution is 0.337. The van der Waals surface area contributed by atoms with Gasteiger partial charge in [0.2, 0.25) is 0 Å². The zero-order valence-electron chi connectivity index (χ0n) is 19.0. The molecule has 2 atom stereocenters. The number of unbranched alkanes of at least 4 members (excludes halogenated alkanes) is 1. The summed E-state index contributed by atoms with van der Waals surface area (Å²) in [4.78, 5) is 2.54. The third kappa shape index (κ3) is 4.10. The highest BCUT2D eigenvalue weighted by molar-refractivity contribution is 5.74. The van der Waals surface area contributed by atoms with E-state index in [1.54, 1.807) is 14.2 Å². The van der Waals surface area contributed by atoms with E-state index in [1.165, 1.54) is 35.3 Å². The fourth-order valence-corrected chi connectivity index (χ4v) is 4.74. The summed E-state index contributed by atoms with van der Waals surface area (Å²) in [6.45, 7) is 9.25. The van der Waals surface area contributed by atoms with Crippen LogP contribution in [0.5, 0.6) is 11.5 Å². The number of hydrogen-bond donors (Lipinski definition) is 0. The van der Waals surface area contributed by atoms with E-state index >= 15 is 0 Å². The van der Waals surface area contributed by atoms with Gasteiger partial charge in [0.25, 0.3) is 0 Å². The van der Waals surface area contributed by atoms with Gasteiger partial charge in [-0.1, -0.05) is 39.3 Å². The Kier molecular flexibility index (Phi) is 6.77. The predicted molar refractivity (Wildman–Crippen MR) is 123 cm³/mol. The number of aryl methyl sites for hydroxylation is 1. The van der Waals surface area contributed by atoms with E-state index < -0.39 is 0 Å². The van der Waals surface area contributed by atoms with Gasteiger partial charge in [-0.3, -0.25) is 0 Å². The summed E-state index contributed by atoms with van der Waals surface area (Å²) >= 11 is 0. The van der Waals surface area contributed by atoms with Gasteiger partial charge in [-0.2, -0.15) is 0 Å². The van der Waals surface area contributed by atoms with Crippen LogP contribution in [0.3, 0.4) is 0 Å². The molecule has 2 aromatic rings. The molecule has 0 amide bonds. The third-order valence-electron chi connectivity index (χ3n) is 6.71. The molecule has 1 heterocycles. The summed E-state index contributed by atoms with van der Waals surface area (Å²) < 4.78 is 11.3. The Bertz CT molecular complexity index is 814. The first kappa shape index (κ1) is 21.5. The number of fused-ring (bicyclic) bond motifs is 1. The second-order valence-electron chi connectivity index (χ2n) is 8.53. The molecule has 0 saturated carbocycles. The lowest BCUT2D eigenvalue weighted by Crippen LogP contribution is -2.47. The van der Waals surface area contributed by atoms with Crippen molar-refractivity contribution in [2.24, 2.45) is 0 Å². The molecule has 0 saturated heterocycles. The summed E-state index contributed by atoms with van der Waals surface area (Å²) in [6, 6.07) is 13.6. The van der Waals surface area contributed by atoms with Crippen molar-refractivity contribution in [1.29, 1.82) is 0 Å². The second-order valence-corrected chi connectivity index (χ2v) is 8.53. The van der Waals surface area contributed by atoms with E-state index in [9.17, 15) is 0 Å². The minimum atomic E-state index is 0.0677. The monoisotopic (exact) mass is 395 g/mol. The molecule has 3 heteroatoms. The van der Waals surface area contributed by atoms with Gasteiger partial charge in [-0.05, 0) is 74.3 Å². The molecular formula is C26H37NO2. The molecule has 2 aromatic carbocycles. The highest BCUT2D eigenvalue weighted by Crippen LogP contribution is 2.52. The van der Waals surface area contributed by atoms with Gasteiger partial charge >= 0.3 is 0 Å². The molecule has 0 bridgehead atoms. The first-order valence-corrected chi connectivity index (χ1v) is 11.2. The van der Waals surface area contributed by atoms with Crippen molar-refractivity contribution < 1.29 is 9.47 Å². The van der Waals surface area contributed by atoms with Crippen molar-refractivity contribution in [2.45, 2.75) is 77.7 Å². The van der Waals surface area contributed by atoms with Crippen LogP contribution in [0.1, 0.15) is 76.8 Å². The average Bonchev–Trinajstić information content (AvgIpc) is 2.76. The Morgan fingerprint density at radius 2 is 1.66 bits per heavy atom. The minimum absolute atomic E-state index is 0.0677. The standard InChI is InChI=1S/C26H37NO2/c1-7-10-11-19-12-14-21(15-13-19)27-23-17-25(29-6)24(28-5)16-22(23)20(8-2)18-26(27,4)9-3/h12-17,20H,7-11,18H2,1-6H3. The predicted octanol–water partition coefficient (Wildman–Crippen LogP) is 7.25. The second kappa shape index (κ2) is 9.11. The molecular weight excluding hydrogens is 358 g/mol. The Labute approximate surface area is 177 Å². The van der Waals surface area contributed by atoms with Crippen molar-refractivity contribution in [3.63, 3.8) is 0 Å². The van der Waals surface area contributed by atoms with Crippen molar-refractivity contribution in [3.05, 3.63) is 47.5 Å². The summed E-state index contributed by atoms with van der Waals surface area (Å²) in [7, 11) is 3.44. The number of methoxy groups -OCH3 is 2. The van der Waals surface area contributed by atoms with E-state index in [1.807, 2.05) is 0 Å². The number of benzene rings is 2. The lowest BCUT2D eigenvalue weighted by Gasteiger charge is -2.50. The van der Waals surface area contributed by atoms with Gasteiger partial charge in [-0.25, -0.2) is 0 Å². The van der Waals surface area contributed by atoms with Crippen molar-refractivity contribution in [3.8, 4) is 11.5 Å². The number of anilines is 2. The molecule has 1 aliphatic rings. The highest BCUT2D eigenvalue weighted by Gasteiger charge is 2.41. The Hall–Kier alpha value is -2.16. The van der Waals surface area contributed by atoms with Crippen molar-refractivity contribution in [2.75, 3.05) is 19.1 Å². The fraction of sp³-hybridized carbons (Fsp3) is 0.538. The quantitative estimate of drug-likeness (QED) is 0.470. The smallest absolute Gasteiger partial charge is 0.162 e. The van der Waals surface area contributed by atoms with Crippen LogP contribution in [0.25, 0.3) is 0 Å². The molecule has 0 fully saturated rings. The van der Waals surface area contributed by atoms with E-state index in [2.05, 4.69) is 69.0 Å². The van der Waals surface area contributed by atoms with E-state index in [4.69, 9.17) is 9.47 Å². The van der Waals surface area contributed by atoms with E-state index in [0.717, 1.165) is 37.2 Å². The molecule has 0 aliphatic carbocycles. The molecule has 0 aromatic heterocycles. The molecule has 1 aliphatic heterocycles. The maximum absolute atomic E-state index is 5.67. The molecule has 3 nitrogen and oxygen atoms in total. The largest absolute Gasteiger partial charge is 0.493 e. The van der Waals surface area contributed by atoms with Gasteiger partial charge in [-0.15, -0.1) is 0 Å². The van der Waals surface area contributed by atoms with Crippen molar-refractivity contribution in [1.82, 2.24) is 0 Å². The van der Waals surface area contributed by atoms with Crippen LogP contribution >= 0.6 is 0 Å². The molecule has 158 valence electrons. The maximum atomic E-state index is 5.67. The Balaban J connectivity index is 2.13. The van der Waals surface area contributed by atoms with Gasteiger partial charge in [0.1, 0.15) is 0 Å². The van der Waals surface area contributed by atoms with E-state index in [-0.39, 0.29) is 5.54 Å². The SMILES string of the molecule is CCCCc1ccc(N2c3cc(OC)c(OC)cc3C(CC)CC2(C)CC)cc1. The van der Waals surface area contributed by atoms with Crippen LogP contribution in [0.15, 0.2) is 36.4 Å². The number of hydrogen-bond acceptors (Lipinski definition) is 3. The maximum Gasteiger partial charge on any atom is 0.162 e. The summed E-state index contributed by atoms with van der Waals surface area (Å²) in [5.74, 6) is 2.14. The van der Waals surface area contributed by atoms with Crippen LogP contribution in [-0.4, -0.2) is 19.8 Å². The summed E-state index contributed by atoms with van der Waals surface area (Å²) in [5, 5.41) is 0. The van der Waals surface area contributed by atoms with Gasteiger partial charge in [0.15, 0.2) is 11.5 Å². The third-order valence-corrected chi connectivity index (χ3v) is 6.71. The highest BCUT2D eigenvalue weighted by atomic mass is 16.5. The van der Waals surface area contributed by atoms with E-state index in [0.29, 0.717) is 5.92 Å². The lowest BCUT2D eigenvalue weighted by atomic mass is 9.75. The number of ether oxygens (including phenoxy) is 2. The van der Waals surface area contributed by atoms with Gasteiger partial charge in [0.05, 0.1) is 14.2 Å². The normalized spacial score (nSPS) is 21.0. The average molecular weight is 396 g/mol. The summed E-state index contributed by atoms with van der Waals surface area (Å²) in [5.41, 5.74) is 5.37. The zero-order chi connectivity index (χ0) is 21.0. The van der Waals surface area contributed by atoms with Crippen LogP contribution in [-0.2, 0) is 6.42 Å². The fourth-order valence-electron chi connectivity index (χ4n) is 4.74. The number of nitrogens with zero attached hydrogens (tertiary/aromatic N) is 1. The summed E-state index contributed by atoms with van der Waals surface area (Å²) in [6.07, 6.45) is 6.99. The van der Waals surface area contributed by atoms with Crippen LogP contribution in [0, 0.1) is 0 Å².